The summed E-state index contributed by atoms with van der Waals surface area (Å²) in [6.07, 6.45) is 0.174. The predicted molar refractivity (Wildman–Crippen MR) is 97.6 cm³/mol. The molecule has 0 radical (unpaired) electrons. The molecule has 0 spiro atoms. The first-order valence-corrected chi connectivity index (χ1v) is 8.61. The van der Waals surface area contributed by atoms with Crippen LogP contribution >= 0.6 is 0 Å². The lowest BCUT2D eigenvalue weighted by Crippen LogP contribution is -2.38. The number of fused-ring (bicyclic) bond motifs is 1. The standard InChI is InChI=1S/C20H19N3O3/c21-19(25)16-12-23(17-9-5-4-8-15(16)17)20(26)13-10-18(24)22(11-13)14-6-2-1-3-7-14/h1-9,13,16H,10-12H2,(H2,21,25). The van der Waals surface area contributed by atoms with Gasteiger partial charge >= 0.3 is 0 Å². The third kappa shape index (κ3) is 2.63. The van der Waals surface area contributed by atoms with Crippen molar-refractivity contribution in [3.05, 3.63) is 60.2 Å². The molecular formula is C20H19N3O3. The number of anilines is 2. The molecule has 0 aromatic heterocycles. The van der Waals surface area contributed by atoms with Crippen molar-refractivity contribution in [3.8, 4) is 0 Å². The highest BCUT2D eigenvalue weighted by Crippen LogP contribution is 2.38. The number of benzene rings is 2. The van der Waals surface area contributed by atoms with Gasteiger partial charge in [0.1, 0.15) is 0 Å². The summed E-state index contributed by atoms with van der Waals surface area (Å²) in [5.41, 5.74) is 7.80. The molecule has 4 rings (SSSR count). The molecule has 1 fully saturated rings. The average molecular weight is 349 g/mol. The fourth-order valence-corrected chi connectivity index (χ4v) is 3.81. The van der Waals surface area contributed by atoms with Gasteiger partial charge in [-0.15, -0.1) is 0 Å². The summed E-state index contributed by atoms with van der Waals surface area (Å²) in [6.45, 7) is 0.588. The van der Waals surface area contributed by atoms with Gasteiger partial charge in [0.2, 0.25) is 17.7 Å². The summed E-state index contributed by atoms with van der Waals surface area (Å²) in [5.74, 6) is -1.57. The van der Waals surface area contributed by atoms with Crippen molar-refractivity contribution in [2.45, 2.75) is 12.3 Å². The third-order valence-corrected chi connectivity index (χ3v) is 5.12. The van der Waals surface area contributed by atoms with Crippen LogP contribution in [-0.4, -0.2) is 30.8 Å². The van der Waals surface area contributed by atoms with Crippen LogP contribution in [0, 0.1) is 5.92 Å². The Morgan fingerprint density at radius 3 is 2.38 bits per heavy atom. The average Bonchev–Trinajstić information content (AvgIpc) is 3.23. The van der Waals surface area contributed by atoms with Crippen LogP contribution in [0.5, 0.6) is 0 Å². The highest BCUT2D eigenvalue weighted by molar-refractivity contribution is 6.06. The molecule has 2 aliphatic heterocycles. The van der Waals surface area contributed by atoms with E-state index in [0.29, 0.717) is 12.2 Å². The number of hydrogen-bond acceptors (Lipinski definition) is 3. The van der Waals surface area contributed by atoms with Crippen molar-refractivity contribution in [2.24, 2.45) is 11.7 Å². The molecule has 26 heavy (non-hydrogen) atoms. The monoisotopic (exact) mass is 349 g/mol. The predicted octanol–water partition coefficient (Wildman–Crippen LogP) is 1.66. The number of amides is 3. The molecule has 3 amide bonds. The van der Waals surface area contributed by atoms with Crippen molar-refractivity contribution < 1.29 is 14.4 Å². The number of para-hydroxylation sites is 2. The molecule has 6 heteroatoms. The van der Waals surface area contributed by atoms with E-state index in [0.717, 1.165) is 11.3 Å². The lowest BCUT2D eigenvalue weighted by Gasteiger charge is -2.22. The van der Waals surface area contributed by atoms with Crippen LogP contribution < -0.4 is 15.5 Å². The number of nitrogens with two attached hydrogens (primary N) is 1. The molecule has 132 valence electrons. The number of carbonyl (C=O) groups excluding carboxylic acids is 3. The lowest BCUT2D eigenvalue weighted by molar-refractivity contribution is -0.124. The molecule has 2 aliphatic rings. The van der Waals surface area contributed by atoms with Gasteiger partial charge < -0.3 is 15.5 Å². The molecule has 2 aromatic carbocycles. The maximum Gasteiger partial charge on any atom is 0.232 e. The minimum Gasteiger partial charge on any atom is -0.369 e. The van der Waals surface area contributed by atoms with E-state index in [1.165, 1.54) is 0 Å². The smallest absolute Gasteiger partial charge is 0.232 e. The summed E-state index contributed by atoms with van der Waals surface area (Å²) in [4.78, 5) is 40.5. The molecule has 0 bridgehead atoms. The van der Waals surface area contributed by atoms with Crippen LogP contribution in [-0.2, 0) is 14.4 Å². The van der Waals surface area contributed by atoms with E-state index < -0.39 is 17.7 Å². The zero-order valence-electron chi connectivity index (χ0n) is 14.2. The van der Waals surface area contributed by atoms with Gasteiger partial charge in [0.25, 0.3) is 0 Å². The van der Waals surface area contributed by atoms with Crippen LogP contribution in [0.15, 0.2) is 54.6 Å². The topological polar surface area (TPSA) is 83.7 Å². The molecular weight excluding hydrogens is 330 g/mol. The van der Waals surface area contributed by atoms with Crippen LogP contribution in [0.1, 0.15) is 17.9 Å². The molecule has 2 atom stereocenters. The van der Waals surface area contributed by atoms with Gasteiger partial charge in [-0.05, 0) is 23.8 Å². The molecule has 1 saturated heterocycles. The second-order valence-corrected chi connectivity index (χ2v) is 6.70. The van der Waals surface area contributed by atoms with Crippen LogP contribution in [0.3, 0.4) is 0 Å². The summed E-state index contributed by atoms with van der Waals surface area (Å²) >= 11 is 0. The Bertz CT molecular complexity index is 881. The maximum absolute atomic E-state index is 13.1. The largest absolute Gasteiger partial charge is 0.369 e. The number of primary amides is 1. The molecule has 2 aromatic rings. The van der Waals surface area contributed by atoms with Crippen LogP contribution in [0.4, 0.5) is 11.4 Å². The first-order chi connectivity index (χ1) is 12.6. The Labute approximate surface area is 151 Å². The van der Waals surface area contributed by atoms with Crippen molar-refractivity contribution >= 4 is 29.1 Å². The van der Waals surface area contributed by atoms with Crippen LogP contribution in [0.25, 0.3) is 0 Å². The SMILES string of the molecule is NC(=O)C1CN(C(=O)C2CC(=O)N(c3ccccc3)C2)c2ccccc21. The van der Waals surface area contributed by atoms with Crippen molar-refractivity contribution in [1.82, 2.24) is 0 Å². The van der Waals surface area contributed by atoms with E-state index in [1.54, 1.807) is 9.80 Å². The minimum atomic E-state index is -0.502. The van der Waals surface area contributed by atoms with Crippen molar-refractivity contribution in [2.75, 3.05) is 22.9 Å². The normalized spacial score (nSPS) is 21.8. The van der Waals surface area contributed by atoms with Gasteiger partial charge in [0, 0.05) is 30.9 Å². The number of nitrogens with zero attached hydrogens (tertiary/aromatic N) is 2. The first kappa shape index (κ1) is 16.3. The van der Waals surface area contributed by atoms with Gasteiger partial charge in [-0.1, -0.05) is 36.4 Å². The van der Waals surface area contributed by atoms with E-state index in [4.69, 9.17) is 5.73 Å². The molecule has 0 saturated carbocycles. The quantitative estimate of drug-likeness (QED) is 0.915. The highest BCUT2D eigenvalue weighted by Gasteiger charge is 2.42. The van der Waals surface area contributed by atoms with Crippen LogP contribution in [0.2, 0.25) is 0 Å². The first-order valence-electron chi connectivity index (χ1n) is 8.61. The summed E-state index contributed by atoms with van der Waals surface area (Å²) in [6, 6.07) is 16.7. The molecule has 6 nitrogen and oxygen atoms in total. The lowest BCUT2D eigenvalue weighted by atomic mass is 10.0. The maximum atomic E-state index is 13.1. The van der Waals surface area contributed by atoms with Gasteiger partial charge in [0.15, 0.2) is 0 Å². The van der Waals surface area contributed by atoms with Gasteiger partial charge in [-0.3, -0.25) is 14.4 Å². The zero-order valence-corrected chi connectivity index (χ0v) is 14.2. The second-order valence-electron chi connectivity index (χ2n) is 6.70. The van der Waals surface area contributed by atoms with E-state index in [1.807, 2.05) is 54.6 Å². The third-order valence-electron chi connectivity index (χ3n) is 5.12. The fraction of sp³-hybridized carbons (Fsp3) is 0.250. The van der Waals surface area contributed by atoms with E-state index >= 15 is 0 Å². The Morgan fingerprint density at radius 2 is 1.65 bits per heavy atom. The molecule has 0 aliphatic carbocycles. The Kier molecular flexibility index (Phi) is 3.95. The number of rotatable bonds is 3. The number of carbonyl (C=O) groups is 3. The fourth-order valence-electron chi connectivity index (χ4n) is 3.81. The van der Waals surface area contributed by atoms with E-state index in [9.17, 15) is 14.4 Å². The second kappa shape index (κ2) is 6.29. The van der Waals surface area contributed by atoms with Gasteiger partial charge in [0.05, 0.1) is 11.8 Å². The molecule has 2 heterocycles. The van der Waals surface area contributed by atoms with Crippen molar-refractivity contribution in [3.63, 3.8) is 0 Å². The summed E-state index contributed by atoms with van der Waals surface area (Å²) in [5, 5.41) is 0. The van der Waals surface area contributed by atoms with E-state index in [2.05, 4.69) is 0 Å². The Morgan fingerprint density at radius 1 is 0.962 bits per heavy atom. The van der Waals surface area contributed by atoms with E-state index in [-0.39, 0.29) is 24.8 Å². The van der Waals surface area contributed by atoms with Gasteiger partial charge in [-0.2, -0.15) is 0 Å². The Balaban J connectivity index is 1.58. The number of hydrogen-bond donors (Lipinski definition) is 1. The van der Waals surface area contributed by atoms with Gasteiger partial charge in [-0.25, -0.2) is 0 Å². The summed E-state index contributed by atoms with van der Waals surface area (Å²) < 4.78 is 0. The highest BCUT2D eigenvalue weighted by atomic mass is 16.2. The molecule has 2 N–H and O–H groups in total. The van der Waals surface area contributed by atoms with Crippen molar-refractivity contribution in [1.29, 1.82) is 0 Å². The zero-order chi connectivity index (χ0) is 18.3. The summed E-state index contributed by atoms with van der Waals surface area (Å²) in [7, 11) is 0. The molecule has 2 unspecified atom stereocenters. The minimum absolute atomic E-state index is 0.0616. The Hall–Kier alpha value is -3.15.